The van der Waals surface area contributed by atoms with E-state index in [9.17, 15) is 18.8 Å². The van der Waals surface area contributed by atoms with Gasteiger partial charge in [0.15, 0.2) is 0 Å². The van der Waals surface area contributed by atoms with Crippen molar-refractivity contribution in [2.45, 2.75) is 24.9 Å². The van der Waals surface area contributed by atoms with Crippen LogP contribution in [0.1, 0.15) is 24.9 Å². The van der Waals surface area contributed by atoms with Gasteiger partial charge in [-0.2, -0.15) is 11.8 Å². The van der Waals surface area contributed by atoms with E-state index in [4.69, 9.17) is 4.74 Å². The molecule has 2 aliphatic rings. The standard InChI is InChI=1S/C19H23FN2O4S/c1-4-22-16(23)13-14(17(22)24)19(9-10-27-3,18(25)26-2)21-15(13)11-5-7-12(20)8-6-11/h5-8,13-15,21H,4,9-10H2,1-3H3/t13-,14+,15+,19-/m1/s1. The van der Waals surface area contributed by atoms with Gasteiger partial charge in [0, 0.05) is 12.6 Å². The number of nitrogens with one attached hydrogen (secondary N) is 1. The number of halogens is 1. The van der Waals surface area contributed by atoms with E-state index in [0.717, 1.165) is 0 Å². The topological polar surface area (TPSA) is 75.7 Å². The van der Waals surface area contributed by atoms with E-state index in [1.165, 1.54) is 24.1 Å². The van der Waals surface area contributed by atoms with Crippen LogP contribution in [-0.4, -0.2) is 53.9 Å². The SMILES string of the molecule is CCN1C(=O)[C@@H]2[C@@H](C1=O)[C@](CCSC)(C(=O)OC)N[C@H]2c1ccc(F)cc1. The Hall–Kier alpha value is -1.93. The first-order valence-corrected chi connectivity index (χ1v) is 10.3. The highest BCUT2D eigenvalue weighted by molar-refractivity contribution is 7.98. The number of ether oxygens (including phenoxy) is 1. The third kappa shape index (κ3) is 3.04. The maximum atomic E-state index is 13.4. The molecule has 1 aromatic rings. The Morgan fingerprint density at radius 1 is 1.30 bits per heavy atom. The molecule has 0 radical (unpaired) electrons. The van der Waals surface area contributed by atoms with E-state index in [1.54, 1.807) is 30.8 Å². The Labute approximate surface area is 161 Å². The number of hydrogen-bond acceptors (Lipinski definition) is 6. The second-order valence-corrected chi connectivity index (χ2v) is 7.79. The van der Waals surface area contributed by atoms with Gasteiger partial charge in [-0.25, -0.2) is 4.39 Å². The van der Waals surface area contributed by atoms with E-state index >= 15 is 0 Å². The second-order valence-electron chi connectivity index (χ2n) is 6.80. The van der Waals surface area contributed by atoms with E-state index in [-0.39, 0.29) is 24.2 Å². The summed E-state index contributed by atoms with van der Waals surface area (Å²) < 4.78 is 18.4. The summed E-state index contributed by atoms with van der Waals surface area (Å²) in [6.07, 6.45) is 2.27. The molecule has 6 nitrogen and oxygen atoms in total. The number of likely N-dealkylation sites (tertiary alicyclic amines) is 1. The number of fused-ring (bicyclic) bond motifs is 1. The van der Waals surface area contributed by atoms with Crippen LogP contribution in [0.4, 0.5) is 4.39 Å². The average Bonchev–Trinajstić information content (AvgIpc) is 3.14. The molecule has 0 saturated carbocycles. The molecule has 1 aromatic carbocycles. The second kappa shape index (κ2) is 7.59. The Bertz CT molecular complexity index is 757. The smallest absolute Gasteiger partial charge is 0.326 e. The number of esters is 1. The van der Waals surface area contributed by atoms with Crippen LogP contribution in [0, 0.1) is 17.7 Å². The first kappa shape index (κ1) is 19.8. The fourth-order valence-corrected chi connectivity index (χ4v) is 4.82. The van der Waals surface area contributed by atoms with Crippen molar-refractivity contribution in [1.29, 1.82) is 0 Å². The highest BCUT2D eigenvalue weighted by atomic mass is 32.2. The molecule has 4 atom stereocenters. The molecule has 0 unspecified atom stereocenters. The molecule has 1 N–H and O–H groups in total. The van der Waals surface area contributed by atoms with Crippen LogP contribution in [0.15, 0.2) is 24.3 Å². The van der Waals surface area contributed by atoms with E-state index in [2.05, 4.69) is 5.32 Å². The quantitative estimate of drug-likeness (QED) is 0.585. The summed E-state index contributed by atoms with van der Waals surface area (Å²) in [7, 11) is 1.28. The summed E-state index contributed by atoms with van der Waals surface area (Å²) in [5.41, 5.74) is -0.613. The van der Waals surface area contributed by atoms with Crippen molar-refractivity contribution in [3.05, 3.63) is 35.6 Å². The van der Waals surface area contributed by atoms with E-state index in [0.29, 0.717) is 17.7 Å². The van der Waals surface area contributed by atoms with Gasteiger partial charge < -0.3 is 4.74 Å². The number of carbonyl (C=O) groups is 3. The molecule has 0 aromatic heterocycles. The molecule has 146 valence electrons. The van der Waals surface area contributed by atoms with Crippen LogP contribution in [0.25, 0.3) is 0 Å². The van der Waals surface area contributed by atoms with Gasteiger partial charge in [0.25, 0.3) is 0 Å². The zero-order valence-corrected chi connectivity index (χ0v) is 16.3. The van der Waals surface area contributed by atoms with E-state index in [1.807, 2.05) is 6.26 Å². The van der Waals surface area contributed by atoms with Crippen molar-refractivity contribution in [3.63, 3.8) is 0 Å². The third-order valence-electron chi connectivity index (χ3n) is 5.54. The van der Waals surface area contributed by atoms with Crippen LogP contribution in [-0.2, 0) is 19.1 Å². The molecule has 2 amide bonds. The number of benzene rings is 1. The highest BCUT2D eigenvalue weighted by Gasteiger charge is 2.68. The van der Waals surface area contributed by atoms with Gasteiger partial charge in [-0.3, -0.25) is 24.6 Å². The number of carbonyl (C=O) groups excluding carboxylic acids is 3. The Morgan fingerprint density at radius 2 is 1.96 bits per heavy atom. The van der Waals surface area contributed by atoms with Gasteiger partial charge in [-0.05, 0) is 43.0 Å². The van der Waals surface area contributed by atoms with Crippen molar-refractivity contribution < 1.29 is 23.5 Å². The lowest BCUT2D eigenvalue weighted by atomic mass is 9.78. The number of amides is 2. The Balaban J connectivity index is 2.12. The molecule has 27 heavy (non-hydrogen) atoms. The molecular weight excluding hydrogens is 371 g/mol. The van der Waals surface area contributed by atoms with Crippen LogP contribution in [0.5, 0.6) is 0 Å². The number of methoxy groups -OCH3 is 1. The van der Waals surface area contributed by atoms with Gasteiger partial charge in [0.2, 0.25) is 11.8 Å². The number of rotatable bonds is 6. The first-order chi connectivity index (χ1) is 12.9. The molecule has 0 bridgehead atoms. The van der Waals surface area contributed by atoms with Gasteiger partial charge in [-0.1, -0.05) is 12.1 Å². The number of imide groups is 1. The fraction of sp³-hybridized carbons (Fsp3) is 0.526. The minimum atomic E-state index is -1.28. The fourth-order valence-electron chi connectivity index (χ4n) is 4.30. The summed E-state index contributed by atoms with van der Waals surface area (Å²) in [5.74, 6) is -2.52. The number of nitrogens with zero attached hydrogens (tertiary/aromatic N) is 1. The Kier molecular flexibility index (Phi) is 5.58. The van der Waals surface area contributed by atoms with Crippen LogP contribution in [0.3, 0.4) is 0 Å². The molecule has 0 aliphatic carbocycles. The third-order valence-corrected chi connectivity index (χ3v) is 6.15. The molecule has 2 fully saturated rings. The lowest BCUT2D eigenvalue weighted by Gasteiger charge is -2.32. The van der Waals surface area contributed by atoms with Crippen LogP contribution in [0.2, 0.25) is 0 Å². The minimum absolute atomic E-state index is 0.251. The minimum Gasteiger partial charge on any atom is -0.468 e. The largest absolute Gasteiger partial charge is 0.468 e. The Morgan fingerprint density at radius 3 is 2.52 bits per heavy atom. The average molecular weight is 394 g/mol. The maximum absolute atomic E-state index is 13.4. The van der Waals surface area contributed by atoms with Gasteiger partial charge in [0.05, 0.1) is 18.9 Å². The molecule has 2 saturated heterocycles. The van der Waals surface area contributed by atoms with Crippen molar-refractivity contribution in [2.75, 3.05) is 25.7 Å². The summed E-state index contributed by atoms with van der Waals surface area (Å²) in [5, 5.41) is 3.25. The summed E-state index contributed by atoms with van der Waals surface area (Å²) in [6.45, 7) is 1.99. The molecule has 0 spiro atoms. The first-order valence-electron chi connectivity index (χ1n) is 8.87. The zero-order chi connectivity index (χ0) is 19.8. The lowest BCUT2D eigenvalue weighted by Crippen LogP contribution is -2.56. The monoisotopic (exact) mass is 394 g/mol. The van der Waals surface area contributed by atoms with Gasteiger partial charge in [-0.15, -0.1) is 0 Å². The molecule has 8 heteroatoms. The van der Waals surface area contributed by atoms with Crippen molar-refractivity contribution in [1.82, 2.24) is 10.2 Å². The van der Waals surface area contributed by atoms with E-state index < -0.39 is 29.4 Å². The number of hydrogen-bond donors (Lipinski definition) is 1. The normalized spacial score (nSPS) is 29.9. The number of thioether (sulfide) groups is 1. The highest BCUT2D eigenvalue weighted by Crippen LogP contribution is 2.50. The molecular formula is C19H23FN2O4S. The van der Waals surface area contributed by atoms with Crippen molar-refractivity contribution >= 4 is 29.5 Å². The summed E-state index contributed by atoms with van der Waals surface area (Å²) in [4.78, 5) is 40.1. The summed E-state index contributed by atoms with van der Waals surface area (Å²) >= 11 is 1.55. The lowest BCUT2D eigenvalue weighted by molar-refractivity contribution is -0.154. The molecule has 2 aliphatic heterocycles. The maximum Gasteiger partial charge on any atom is 0.326 e. The molecule has 3 rings (SSSR count). The van der Waals surface area contributed by atoms with Crippen molar-refractivity contribution in [2.24, 2.45) is 11.8 Å². The van der Waals surface area contributed by atoms with Gasteiger partial charge in [0.1, 0.15) is 11.4 Å². The van der Waals surface area contributed by atoms with Gasteiger partial charge >= 0.3 is 5.97 Å². The zero-order valence-electron chi connectivity index (χ0n) is 15.5. The predicted molar refractivity (Wildman–Crippen MR) is 99.4 cm³/mol. The molecule has 2 heterocycles. The van der Waals surface area contributed by atoms with Crippen molar-refractivity contribution in [3.8, 4) is 0 Å². The predicted octanol–water partition coefficient (Wildman–Crippen LogP) is 1.76. The van der Waals surface area contributed by atoms with Crippen LogP contribution >= 0.6 is 11.8 Å². The summed E-state index contributed by atoms with van der Waals surface area (Å²) in [6, 6.07) is 5.22. The van der Waals surface area contributed by atoms with Crippen LogP contribution < -0.4 is 5.32 Å².